The number of hydrogen-bond donors (Lipinski definition) is 0. The zero-order valence-corrected chi connectivity index (χ0v) is 12.1. The Balaban J connectivity index is 0. The normalized spacial score (nSPS) is 9.83. The zero-order chi connectivity index (χ0) is 8.53. The molecule has 0 amide bonds. The van der Waals surface area contributed by atoms with E-state index in [0.29, 0.717) is 0 Å². The van der Waals surface area contributed by atoms with Gasteiger partial charge in [0.15, 0.2) is 0 Å². The second kappa shape index (κ2) is 11.8. The Bertz CT molecular complexity index is 74.2. The Morgan fingerprint density at radius 2 is 1.42 bits per heavy atom. The number of hydrogen-bond acceptors (Lipinski definition) is 1. The monoisotopic (exact) mass is 338 g/mol. The van der Waals surface area contributed by atoms with Gasteiger partial charge in [-0.1, -0.05) is 0 Å². The zero-order valence-electron chi connectivity index (χ0n) is 8.47. The molecule has 0 spiro atoms. The molecule has 0 saturated carbocycles. The molecule has 2 heteroatoms. The van der Waals surface area contributed by atoms with Gasteiger partial charge in [-0.15, -0.1) is 0 Å². The summed E-state index contributed by atoms with van der Waals surface area (Å²) in [4.78, 5) is 0. The van der Waals surface area contributed by atoms with Crippen LogP contribution in [-0.4, -0.2) is 5.48 Å². The first-order chi connectivity index (χ1) is 5.27. The minimum absolute atomic E-state index is 0. The molecule has 0 heterocycles. The fraction of sp³-hybridized carbons (Fsp3) is 1.00. The quantitative estimate of drug-likeness (QED) is 0.514. The van der Waals surface area contributed by atoms with E-state index in [0.717, 1.165) is 5.92 Å². The van der Waals surface area contributed by atoms with E-state index in [1.165, 1.54) is 67.1 Å². The number of unbranched alkanes of at least 4 members (excludes halogenated alkanes) is 4. The first-order valence-corrected chi connectivity index (χ1v) is 7.46. The molecular weight excluding hydrogens is 315 g/mol. The Kier molecular flexibility index (Phi) is 15.1. The third kappa shape index (κ3) is 13.4. The maximum atomic E-state index is 2.32. The molecule has 0 atom stereocenters. The van der Waals surface area contributed by atoms with Crippen molar-refractivity contribution in [1.82, 2.24) is 0 Å². The Morgan fingerprint density at radius 3 is 1.92 bits per heavy atom. The van der Waals surface area contributed by atoms with Crippen LogP contribution in [0.3, 0.4) is 0 Å². The van der Waals surface area contributed by atoms with Gasteiger partial charge in [-0.25, -0.2) is 0 Å². The molecule has 0 bridgehead atoms. The van der Waals surface area contributed by atoms with Gasteiger partial charge in [0.1, 0.15) is 0 Å². The van der Waals surface area contributed by atoms with E-state index < -0.39 is 0 Å². The van der Waals surface area contributed by atoms with Crippen LogP contribution in [0.5, 0.6) is 0 Å². The molecule has 0 aliphatic carbocycles. The molecule has 0 aromatic rings. The molecule has 72 valence electrons. The van der Waals surface area contributed by atoms with Crippen molar-refractivity contribution in [2.75, 3.05) is 0 Å². The SMILES string of the molecule is CC(C)CCCCCC[CH2][Hf+].[OH-]. The van der Waals surface area contributed by atoms with Crippen LogP contribution in [0.15, 0.2) is 0 Å². The van der Waals surface area contributed by atoms with Crippen LogP contribution in [0.25, 0.3) is 0 Å². The summed E-state index contributed by atoms with van der Waals surface area (Å²) in [6.07, 6.45) is 8.82. The van der Waals surface area contributed by atoms with Gasteiger partial charge in [0.05, 0.1) is 0 Å². The van der Waals surface area contributed by atoms with Crippen LogP contribution < -0.4 is 0 Å². The first kappa shape index (κ1) is 15.3. The van der Waals surface area contributed by atoms with Crippen LogP contribution in [0.1, 0.15) is 52.4 Å². The Hall–Kier alpha value is 0.830. The van der Waals surface area contributed by atoms with E-state index in [4.69, 9.17) is 0 Å². The molecule has 0 radical (unpaired) electrons. The Morgan fingerprint density at radius 1 is 0.917 bits per heavy atom. The van der Waals surface area contributed by atoms with Gasteiger partial charge in [-0.05, 0) is 0 Å². The van der Waals surface area contributed by atoms with Crippen molar-refractivity contribution in [3.05, 3.63) is 0 Å². The molecule has 12 heavy (non-hydrogen) atoms. The predicted octanol–water partition coefficient (Wildman–Crippen LogP) is 3.77. The molecule has 0 aliphatic rings. The van der Waals surface area contributed by atoms with Crippen molar-refractivity contribution in [2.24, 2.45) is 5.92 Å². The van der Waals surface area contributed by atoms with Crippen LogP contribution in [0.4, 0.5) is 0 Å². The predicted molar refractivity (Wildman–Crippen MR) is 49.3 cm³/mol. The molecular formula is C10H22HfO. The van der Waals surface area contributed by atoms with Crippen LogP contribution in [0.2, 0.25) is 4.18 Å². The molecule has 0 aliphatic heterocycles. The maximum Gasteiger partial charge on any atom is -0.870 e. The third-order valence-electron chi connectivity index (χ3n) is 1.96. The van der Waals surface area contributed by atoms with E-state index in [2.05, 4.69) is 13.8 Å². The van der Waals surface area contributed by atoms with Gasteiger partial charge in [0.2, 0.25) is 0 Å². The van der Waals surface area contributed by atoms with Crippen LogP contribution in [0, 0.1) is 5.92 Å². The summed E-state index contributed by atoms with van der Waals surface area (Å²) in [5.74, 6) is 0.911. The van der Waals surface area contributed by atoms with E-state index >= 15 is 0 Å². The largest absolute Gasteiger partial charge is 0.870 e. The fourth-order valence-electron chi connectivity index (χ4n) is 1.21. The smallest absolute Gasteiger partial charge is 0.870 e. The average molecular weight is 337 g/mol. The second-order valence-corrected chi connectivity index (χ2v) is 5.50. The summed E-state index contributed by atoms with van der Waals surface area (Å²) in [7, 11) is 0. The number of rotatable bonds is 7. The standard InChI is InChI=1S/C10H21.Hf.H2O/c1-4-5-6-7-8-9-10(2)3;;/h10H,1,4-9H2,2-3H3;;1H2/q;+1;/p-1. The van der Waals surface area contributed by atoms with Crippen molar-refractivity contribution in [3.8, 4) is 0 Å². The molecule has 0 saturated heterocycles. The fourth-order valence-corrected chi connectivity index (χ4v) is 2.11. The summed E-state index contributed by atoms with van der Waals surface area (Å²) in [5, 5.41) is 0. The molecule has 0 fully saturated rings. The minimum atomic E-state index is 0. The molecule has 0 aromatic heterocycles. The Labute approximate surface area is 92.2 Å². The van der Waals surface area contributed by atoms with Crippen molar-refractivity contribution in [1.29, 1.82) is 0 Å². The summed E-state index contributed by atoms with van der Waals surface area (Å²) in [6.45, 7) is 4.63. The van der Waals surface area contributed by atoms with E-state index in [1.807, 2.05) is 0 Å². The van der Waals surface area contributed by atoms with Crippen LogP contribution >= 0.6 is 0 Å². The van der Waals surface area contributed by atoms with Gasteiger partial charge in [-0.3, -0.25) is 0 Å². The second-order valence-electron chi connectivity index (χ2n) is 3.70. The molecule has 1 N–H and O–H groups in total. The van der Waals surface area contributed by atoms with E-state index in [1.54, 1.807) is 0 Å². The van der Waals surface area contributed by atoms with Gasteiger partial charge < -0.3 is 5.48 Å². The summed E-state index contributed by atoms with van der Waals surface area (Å²) < 4.78 is 1.50. The van der Waals surface area contributed by atoms with Gasteiger partial charge in [0, 0.05) is 0 Å². The topological polar surface area (TPSA) is 30.0 Å². The molecule has 0 rings (SSSR count). The summed E-state index contributed by atoms with van der Waals surface area (Å²) in [5.41, 5.74) is 0. The van der Waals surface area contributed by atoms with Crippen molar-refractivity contribution >= 4 is 0 Å². The van der Waals surface area contributed by atoms with Crippen LogP contribution in [-0.2, 0) is 24.4 Å². The van der Waals surface area contributed by atoms with E-state index in [9.17, 15) is 0 Å². The van der Waals surface area contributed by atoms with E-state index in [-0.39, 0.29) is 5.48 Å². The molecule has 1 nitrogen and oxygen atoms in total. The van der Waals surface area contributed by atoms with Crippen molar-refractivity contribution in [3.63, 3.8) is 0 Å². The maximum absolute atomic E-state index is 2.32. The summed E-state index contributed by atoms with van der Waals surface area (Å²) >= 11 is 1.41. The minimum Gasteiger partial charge on any atom is -0.870 e. The van der Waals surface area contributed by atoms with Gasteiger partial charge in [0.25, 0.3) is 0 Å². The van der Waals surface area contributed by atoms with Crippen molar-refractivity contribution in [2.45, 2.75) is 56.5 Å². The van der Waals surface area contributed by atoms with Gasteiger partial charge >= 0.3 is 86.8 Å². The summed E-state index contributed by atoms with van der Waals surface area (Å²) in [6, 6.07) is 0. The third-order valence-corrected chi connectivity index (χ3v) is 3.23. The molecule has 0 unspecified atom stereocenters. The first-order valence-electron chi connectivity index (χ1n) is 4.92. The van der Waals surface area contributed by atoms with Crippen molar-refractivity contribution < 1.29 is 29.9 Å². The van der Waals surface area contributed by atoms with Gasteiger partial charge in [-0.2, -0.15) is 0 Å². The molecule has 0 aromatic carbocycles. The average Bonchev–Trinajstić information content (AvgIpc) is 1.96.